The van der Waals surface area contributed by atoms with Crippen LogP contribution < -0.4 is 4.74 Å². The van der Waals surface area contributed by atoms with Gasteiger partial charge in [-0.15, -0.1) is 0 Å². The van der Waals surface area contributed by atoms with Gasteiger partial charge in [0.2, 0.25) is 5.88 Å². The van der Waals surface area contributed by atoms with E-state index in [1.54, 1.807) is 11.1 Å². The molecule has 0 saturated carbocycles. The molecule has 1 aromatic heterocycles. The van der Waals surface area contributed by atoms with Gasteiger partial charge < -0.3 is 14.4 Å². The summed E-state index contributed by atoms with van der Waals surface area (Å²) in [6.07, 6.45) is 2.93. The molecular weight excluding hydrogens is 350 g/mol. The van der Waals surface area contributed by atoms with Crippen LogP contribution in [-0.4, -0.2) is 45.8 Å². The van der Waals surface area contributed by atoms with Crippen LogP contribution in [0, 0.1) is 6.92 Å². The van der Waals surface area contributed by atoms with Crippen molar-refractivity contribution in [1.29, 1.82) is 0 Å². The van der Waals surface area contributed by atoms with Crippen molar-refractivity contribution >= 4 is 22.0 Å². The summed E-state index contributed by atoms with van der Waals surface area (Å²) in [7, 11) is 0. The van der Waals surface area contributed by atoms with Crippen LogP contribution >= 0.6 is 15.9 Å². The Balaban J connectivity index is 1.86. The largest absolute Gasteiger partial charge is 0.473 e. The fourth-order valence-corrected chi connectivity index (χ4v) is 2.57. The molecule has 1 aliphatic heterocycles. The number of aryl methyl sites for hydroxylation is 1. The molecule has 2 heterocycles. The highest BCUT2D eigenvalue weighted by Gasteiger charge is 2.28. The average molecular weight is 372 g/mol. The van der Waals surface area contributed by atoms with E-state index < -0.39 is 5.60 Å². The lowest BCUT2D eigenvalue weighted by molar-refractivity contribution is 0.0122. The number of hydrogen-bond acceptors (Lipinski definition) is 5. The zero-order chi connectivity index (χ0) is 16.3. The van der Waals surface area contributed by atoms with Gasteiger partial charge in [0.05, 0.1) is 6.20 Å². The number of hydrogen-bond donors (Lipinski definition) is 0. The van der Waals surface area contributed by atoms with E-state index in [2.05, 4.69) is 25.9 Å². The number of carbonyl (C=O) groups excluding carboxylic acids is 1. The summed E-state index contributed by atoms with van der Waals surface area (Å²) in [6.45, 7) is 8.73. The van der Waals surface area contributed by atoms with Crippen LogP contribution in [0.1, 0.15) is 39.3 Å². The van der Waals surface area contributed by atoms with Crippen LogP contribution in [0.4, 0.5) is 4.79 Å². The molecule has 0 aromatic carbocycles. The number of aromatic nitrogens is 2. The predicted octanol–water partition coefficient (Wildman–Crippen LogP) is 3.33. The topological polar surface area (TPSA) is 64.6 Å². The molecule has 0 radical (unpaired) electrons. The first-order chi connectivity index (χ1) is 10.2. The monoisotopic (exact) mass is 371 g/mol. The van der Waals surface area contributed by atoms with Crippen molar-refractivity contribution in [2.45, 2.75) is 52.2 Å². The van der Waals surface area contributed by atoms with E-state index in [1.807, 2.05) is 27.7 Å². The summed E-state index contributed by atoms with van der Waals surface area (Å²) < 4.78 is 12.0. The molecule has 122 valence electrons. The third-order valence-corrected chi connectivity index (χ3v) is 3.63. The summed E-state index contributed by atoms with van der Waals surface area (Å²) in [5, 5.41) is 0. The van der Waals surface area contributed by atoms with E-state index in [-0.39, 0.29) is 12.2 Å². The van der Waals surface area contributed by atoms with Crippen LogP contribution in [0.2, 0.25) is 0 Å². The van der Waals surface area contributed by atoms with Gasteiger partial charge in [0.15, 0.2) is 0 Å². The lowest BCUT2D eigenvalue weighted by Gasteiger charge is -2.33. The summed E-state index contributed by atoms with van der Waals surface area (Å²) in [6, 6.07) is 0. The van der Waals surface area contributed by atoms with E-state index in [0.717, 1.165) is 18.5 Å². The fourth-order valence-electron chi connectivity index (χ4n) is 2.20. The summed E-state index contributed by atoms with van der Waals surface area (Å²) >= 11 is 3.28. The zero-order valence-corrected chi connectivity index (χ0v) is 15.0. The van der Waals surface area contributed by atoms with Crippen molar-refractivity contribution in [2.24, 2.45) is 0 Å². The first-order valence-electron chi connectivity index (χ1n) is 7.38. The predicted molar refractivity (Wildman–Crippen MR) is 85.9 cm³/mol. The highest BCUT2D eigenvalue weighted by Crippen LogP contribution is 2.21. The van der Waals surface area contributed by atoms with Gasteiger partial charge in [-0.05, 0) is 43.6 Å². The average Bonchev–Trinajstić information content (AvgIpc) is 2.41. The normalized spacial score (nSPS) is 16.5. The van der Waals surface area contributed by atoms with Gasteiger partial charge in [-0.25, -0.2) is 14.8 Å². The lowest BCUT2D eigenvalue weighted by Crippen LogP contribution is -2.44. The Kier molecular flexibility index (Phi) is 5.26. The van der Waals surface area contributed by atoms with E-state index >= 15 is 0 Å². The minimum atomic E-state index is -0.464. The van der Waals surface area contributed by atoms with E-state index in [9.17, 15) is 4.79 Å². The Morgan fingerprint density at radius 2 is 2.00 bits per heavy atom. The first kappa shape index (κ1) is 17.0. The van der Waals surface area contributed by atoms with Gasteiger partial charge in [0.1, 0.15) is 22.0 Å². The molecule has 1 aliphatic rings. The van der Waals surface area contributed by atoms with Crippen LogP contribution in [0.5, 0.6) is 5.88 Å². The molecule has 2 rings (SSSR count). The second-order valence-corrected chi connectivity index (χ2v) is 7.18. The molecule has 0 N–H and O–H groups in total. The molecule has 22 heavy (non-hydrogen) atoms. The van der Waals surface area contributed by atoms with Crippen molar-refractivity contribution in [2.75, 3.05) is 13.1 Å². The Morgan fingerprint density at radius 3 is 2.55 bits per heavy atom. The molecule has 1 saturated heterocycles. The fraction of sp³-hybridized carbons (Fsp3) is 0.667. The number of rotatable bonds is 2. The molecule has 6 nitrogen and oxygen atoms in total. The van der Waals surface area contributed by atoms with Crippen LogP contribution in [0.15, 0.2) is 10.8 Å². The second kappa shape index (κ2) is 6.81. The minimum absolute atomic E-state index is 0.0489. The lowest BCUT2D eigenvalue weighted by atomic mass is 10.1. The molecule has 7 heteroatoms. The van der Waals surface area contributed by atoms with Gasteiger partial charge >= 0.3 is 6.09 Å². The molecule has 0 spiro atoms. The number of nitrogens with zero attached hydrogens (tertiary/aromatic N) is 3. The van der Waals surface area contributed by atoms with Gasteiger partial charge in [-0.3, -0.25) is 0 Å². The zero-order valence-electron chi connectivity index (χ0n) is 13.4. The molecule has 1 aromatic rings. The van der Waals surface area contributed by atoms with Crippen molar-refractivity contribution in [1.82, 2.24) is 14.9 Å². The summed E-state index contributed by atoms with van der Waals surface area (Å²) in [4.78, 5) is 22.2. The van der Waals surface area contributed by atoms with Gasteiger partial charge in [0, 0.05) is 25.9 Å². The number of carbonyl (C=O) groups is 1. The van der Waals surface area contributed by atoms with E-state index in [4.69, 9.17) is 9.47 Å². The number of halogens is 1. The first-order valence-corrected chi connectivity index (χ1v) is 8.17. The summed E-state index contributed by atoms with van der Waals surface area (Å²) in [5.74, 6) is 0.555. The Bertz CT molecular complexity index is 537. The third kappa shape index (κ3) is 4.83. The van der Waals surface area contributed by atoms with Crippen LogP contribution in [0.25, 0.3) is 0 Å². The third-order valence-electron chi connectivity index (χ3n) is 3.24. The maximum atomic E-state index is 12.0. The van der Waals surface area contributed by atoms with E-state index in [1.165, 1.54) is 0 Å². The quantitative estimate of drug-likeness (QED) is 0.797. The standard InChI is InChI=1S/C15H22BrN3O3/c1-10-13(17-9-12(16)18-10)21-11-5-7-19(8-6-11)14(20)22-15(2,3)4/h9,11H,5-8H2,1-4H3. The van der Waals surface area contributed by atoms with Crippen molar-refractivity contribution < 1.29 is 14.3 Å². The Labute approximate surface area is 139 Å². The molecule has 0 unspecified atom stereocenters. The SMILES string of the molecule is Cc1nc(Br)cnc1OC1CCN(C(=O)OC(C)(C)C)CC1. The number of likely N-dealkylation sites (tertiary alicyclic amines) is 1. The number of amides is 1. The highest BCUT2D eigenvalue weighted by atomic mass is 79.9. The van der Waals surface area contributed by atoms with Crippen molar-refractivity contribution in [3.8, 4) is 5.88 Å². The van der Waals surface area contributed by atoms with Crippen LogP contribution in [0.3, 0.4) is 0 Å². The Hall–Kier alpha value is -1.37. The second-order valence-electron chi connectivity index (χ2n) is 6.37. The molecule has 1 fully saturated rings. The molecule has 0 atom stereocenters. The maximum Gasteiger partial charge on any atom is 0.410 e. The minimum Gasteiger partial charge on any atom is -0.473 e. The van der Waals surface area contributed by atoms with E-state index in [0.29, 0.717) is 23.6 Å². The molecule has 1 amide bonds. The Morgan fingerprint density at radius 1 is 1.36 bits per heavy atom. The van der Waals surface area contributed by atoms with Crippen LogP contribution in [-0.2, 0) is 4.74 Å². The smallest absolute Gasteiger partial charge is 0.410 e. The summed E-state index contributed by atoms with van der Waals surface area (Å²) in [5.41, 5.74) is 0.290. The van der Waals surface area contributed by atoms with Crippen molar-refractivity contribution in [3.05, 3.63) is 16.5 Å². The maximum absolute atomic E-state index is 12.0. The molecular formula is C15H22BrN3O3. The van der Waals surface area contributed by atoms with Crippen molar-refractivity contribution in [3.63, 3.8) is 0 Å². The van der Waals surface area contributed by atoms with Gasteiger partial charge in [0.25, 0.3) is 0 Å². The van der Waals surface area contributed by atoms with Gasteiger partial charge in [-0.2, -0.15) is 0 Å². The molecule has 0 aliphatic carbocycles. The number of ether oxygens (including phenoxy) is 2. The number of piperidine rings is 1. The highest BCUT2D eigenvalue weighted by molar-refractivity contribution is 9.10. The van der Waals surface area contributed by atoms with Gasteiger partial charge in [-0.1, -0.05) is 0 Å². The molecule has 0 bridgehead atoms.